The summed E-state index contributed by atoms with van der Waals surface area (Å²) in [5.74, 6) is -2.19. The van der Waals surface area contributed by atoms with Gasteiger partial charge in [0.15, 0.2) is 0 Å². The molecule has 2 fully saturated rings. The number of amides is 5. The fourth-order valence-corrected chi connectivity index (χ4v) is 2.31. The van der Waals surface area contributed by atoms with E-state index in [9.17, 15) is 19.2 Å². The van der Waals surface area contributed by atoms with Gasteiger partial charge in [0.25, 0.3) is 0 Å². The summed E-state index contributed by atoms with van der Waals surface area (Å²) in [5.41, 5.74) is 0. The maximum Gasteiger partial charge on any atom is 0.335 e. The van der Waals surface area contributed by atoms with Gasteiger partial charge in [-0.15, -0.1) is 6.58 Å². The Labute approximate surface area is 122 Å². The van der Waals surface area contributed by atoms with Gasteiger partial charge in [-0.2, -0.15) is 0 Å². The van der Waals surface area contributed by atoms with Crippen molar-refractivity contribution in [2.45, 2.75) is 6.42 Å². The maximum absolute atomic E-state index is 12.2. The molecule has 0 unspecified atom stereocenters. The van der Waals surface area contributed by atoms with Crippen LogP contribution in [0.4, 0.5) is 4.79 Å². The lowest BCUT2D eigenvalue weighted by atomic mass is 10.3. The van der Waals surface area contributed by atoms with Crippen molar-refractivity contribution >= 4 is 23.8 Å². The quantitative estimate of drug-likeness (QED) is 0.399. The minimum atomic E-state index is -0.955. The number of carbonyl (C=O) groups excluding carboxylic acids is 4. The van der Waals surface area contributed by atoms with Gasteiger partial charge < -0.3 is 10.2 Å². The van der Waals surface area contributed by atoms with Crippen LogP contribution in [0.2, 0.25) is 0 Å². The van der Waals surface area contributed by atoms with Crippen molar-refractivity contribution in [3.63, 3.8) is 0 Å². The third kappa shape index (κ3) is 3.10. The fourth-order valence-electron chi connectivity index (χ4n) is 2.31. The summed E-state index contributed by atoms with van der Waals surface area (Å²) in [6, 6.07) is -0.758. The third-order valence-corrected chi connectivity index (χ3v) is 3.43. The first kappa shape index (κ1) is 15.2. The molecule has 0 bridgehead atoms. The van der Waals surface area contributed by atoms with Gasteiger partial charge in [0.2, 0.25) is 5.91 Å². The lowest BCUT2D eigenvalue weighted by molar-refractivity contribution is -0.144. The Balaban J connectivity index is 2.02. The van der Waals surface area contributed by atoms with Crippen molar-refractivity contribution < 1.29 is 19.2 Å². The van der Waals surface area contributed by atoms with Crippen molar-refractivity contribution in [2.75, 3.05) is 39.3 Å². The zero-order valence-corrected chi connectivity index (χ0v) is 11.7. The molecule has 0 aromatic rings. The number of urea groups is 1. The summed E-state index contributed by atoms with van der Waals surface area (Å²) in [5, 5.41) is 3.16. The van der Waals surface area contributed by atoms with Crippen molar-refractivity contribution in [3.05, 3.63) is 12.7 Å². The van der Waals surface area contributed by atoms with Crippen molar-refractivity contribution in [1.82, 2.24) is 20.0 Å². The first-order valence-electron chi connectivity index (χ1n) is 6.83. The highest BCUT2D eigenvalue weighted by molar-refractivity contribution is 6.45. The van der Waals surface area contributed by atoms with Gasteiger partial charge in [0, 0.05) is 26.2 Å². The van der Waals surface area contributed by atoms with Crippen molar-refractivity contribution in [2.24, 2.45) is 0 Å². The van der Waals surface area contributed by atoms with Crippen LogP contribution in [0.25, 0.3) is 0 Å². The van der Waals surface area contributed by atoms with E-state index in [1.54, 1.807) is 4.90 Å². The Hall–Kier alpha value is -2.22. The summed E-state index contributed by atoms with van der Waals surface area (Å²) in [6.45, 7) is 5.61. The summed E-state index contributed by atoms with van der Waals surface area (Å²) < 4.78 is 0. The van der Waals surface area contributed by atoms with E-state index in [1.165, 1.54) is 6.08 Å². The van der Waals surface area contributed by atoms with Gasteiger partial charge in [-0.05, 0) is 13.0 Å². The summed E-state index contributed by atoms with van der Waals surface area (Å²) in [6.07, 6.45) is 2.17. The number of hydrogen-bond acceptors (Lipinski definition) is 5. The van der Waals surface area contributed by atoms with Gasteiger partial charge >= 0.3 is 17.8 Å². The summed E-state index contributed by atoms with van der Waals surface area (Å²) >= 11 is 0. The second kappa shape index (κ2) is 6.49. The molecule has 5 amide bonds. The number of rotatable bonds is 4. The van der Waals surface area contributed by atoms with Crippen LogP contribution in [-0.2, 0) is 14.4 Å². The van der Waals surface area contributed by atoms with E-state index in [0.717, 1.165) is 17.9 Å². The van der Waals surface area contributed by atoms with Gasteiger partial charge in [0.05, 0.1) is 0 Å². The third-order valence-electron chi connectivity index (χ3n) is 3.43. The minimum Gasteiger partial charge on any atom is -0.340 e. The predicted molar refractivity (Wildman–Crippen MR) is 73.1 cm³/mol. The second-order valence-electron chi connectivity index (χ2n) is 4.86. The van der Waals surface area contributed by atoms with Gasteiger partial charge in [-0.25, -0.2) is 9.69 Å². The monoisotopic (exact) mass is 294 g/mol. The van der Waals surface area contributed by atoms with E-state index < -0.39 is 24.4 Å². The molecule has 0 atom stereocenters. The molecule has 2 heterocycles. The molecule has 0 aromatic carbocycles. The Morgan fingerprint density at radius 2 is 1.86 bits per heavy atom. The Bertz CT molecular complexity index is 483. The molecule has 21 heavy (non-hydrogen) atoms. The number of hydrogen-bond donors (Lipinski definition) is 1. The SMILES string of the molecule is C=CCN1C(=O)C(=O)N(CC(=O)N2CCCNCC2)C1=O. The normalized spacial score (nSPS) is 20.0. The van der Waals surface area contributed by atoms with E-state index in [2.05, 4.69) is 11.9 Å². The summed E-state index contributed by atoms with van der Waals surface area (Å²) in [4.78, 5) is 50.7. The maximum atomic E-state index is 12.2. The van der Waals surface area contributed by atoms with Gasteiger partial charge in [-0.1, -0.05) is 6.08 Å². The number of nitrogens with one attached hydrogen (secondary N) is 1. The summed E-state index contributed by atoms with van der Waals surface area (Å²) in [7, 11) is 0. The molecular weight excluding hydrogens is 276 g/mol. The van der Waals surface area contributed by atoms with Crippen LogP contribution in [0.3, 0.4) is 0 Å². The van der Waals surface area contributed by atoms with Gasteiger partial charge in [-0.3, -0.25) is 19.3 Å². The van der Waals surface area contributed by atoms with Crippen LogP contribution in [-0.4, -0.2) is 77.7 Å². The standard InChI is InChI=1S/C13H18N4O4/c1-2-6-16-11(19)12(20)17(13(16)21)9-10(18)15-7-3-4-14-5-8-15/h2,14H,1,3-9H2. The van der Waals surface area contributed by atoms with Gasteiger partial charge in [0.1, 0.15) is 6.54 Å². The highest BCUT2D eigenvalue weighted by atomic mass is 16.2. The molecule has 1 N–H and O–H groups in total. The molecule has 0 saturated carbocycles. The van der Waals surface area contributed by atoms with Crippen LogP contribution >= 0.6 is 0 Å². The smallest absolute Gasteiger partial charge is 0.335 e. The van der Waals surface area contributed by atoms with Crippen LogP contribution in [0.15, 0.2) is 12.7 Å². The van der Waals surface area contributed by atoms with E-state index in [1.807, 2.05) is 0 Å². The molecule has 2 aliphatic rings. The number of nitrogens with zero attached hydrogens (tertiary/aromatic N) is 3. The van der Waals surface area contributed by atoms with E-state index in [-0.39, 0.29) is 12.5 Å². The van der Waals surface area contributed by atoms with Crippen LogP contribution in [0.1, 0.15) is 6.42 Å². The highest BCUT2D eigenvalue weighted by Crippen LogP contribution is 2.12. The molecule has 2 aliphatic heterocycles. The molecule has 2 rings (SSSR count). The second-order valence-corrected chi connectivity index (χ2v) is 4.86. The molecule has 114 valence electrons. The van der Waals surface area contributed by atoms with E-state index >= 15 is 0 Å². The van der Waals surface area contributed by atoms with Crippen molar-refractivity contribution in [1.29, 1.82) is 0 Å². The Morgan fingerprint density at radius 3 is 2.57 bits per heavy atom. The first-order chi connectivity index (χ1) is 10.1. The van der Waals surface area contributed by atoms with E-state index in [4.69, 9.17) is 0 Å². The van der Waals surface area contributed by atoms with E-state index in [0.29, 0.717) is 24.5 Å². The first-order valence-corrected chi connectivity index (χ1v) is 6.83. The molecule has 0 radical (unpaired) electrons. The van der Waals surface area contributed by atoms with Crippen molar-refractivity contribution in [3.8, 4) is 0 Å². The zero-order chi connectivity index (χ0) is 15.4. The number of carbonyl (C=O) groups is 4. The molecular formula is C13H18N4O4. The topological polar surface area (TPSA) is 90.0 Å². The average molecular weight is 294 g/mol. The van der Waals surface area contributed by atoms with Crippen LogP contribution in [0, 0.1) is 0 Å². The highest BCUT2D eigenvalue weighted by Gasteiger charge is 2.44. The minimum absolute atomic E-state index is 0.0399. The molecule has 0 aliphatic carbocycles. The number of imide groups is 2. The molecule has 0 aromatic heterocycles. The lowest BCUT2D eigenvalue weighted by Crippen LogP contribution is -2.44. The molecule has 8 nitrogen and oxygen atoms in total. The Morgan fingerprint density at radius 1 is 1.14 bits per heavy atom. The molecule has 8 heteroatoms. The predicted octanol–water partition coefficient (Wildman–Crippen LogP) is -1.21. The molecule has 0 spiro atoms. The Kier molecular flexibility index (Phi) is 4.69. The largest absolute Gasteiger partial charge is 0.340 e. The lowest BCUT2D eigenvalue weighted by Gasteiger charge is -2.22. The fraction of sp³-hybridized carbons (Fsp3) is 0.538. The zero-order valence-electron chi connectivity index (χ0n) is 11.7. The van der Waals surface area contributed by atoms with Crippen LogP contribution < -0.4 is 5.32 Å². The molecule has 2 saturated heterocycles. The average Bonchev–Trinajstić information content (AvgIpc) is 2.72. The van der Waals surface area contributed by atoms with Crippen LogP contribution in [0.5, 0.6) is 0 Å².